The molecule has 0 unspecified atom stereocenters. The number of thioether (sulfide) groups is 1. The summed E-state index contributed by atoms with van der Waals surface area (Å²) in [6, 6.07) is 9.23. The van der Waals surface area contributed by atoms with E-state index >= 15 is 0 Å². The third-order valence-corrected chi connectivity index (χ3v) is 3.09. The van der Waals surface area contributed by atoms with E-state index in [0.717, 1.165) is 11.3 Å². The number of benzene rings is 1. The molecule has 0 aliphatic carbocycles. The van der Waals surface area contributed by atoms with Gasteiger partial charge < -0.3 is 11.1 Å². The third kappa shape index (κ3) is 3.14. The third-order valence-electron chi connectivity index (χ3n) is 2.54. The summed E-state index contributed by atoms with van der Waals surface area (Å²) in [5.41, 5.74) is 8.19. The van der Waals surface area contributed by atoms with E-state index in [4.69, 9.17) is 11.0 Å². The van der Waals surface area contributed by atoms with Gasteiger partial charge in [0.05, 0.1) is 11.6 Å². The fourth-order valence-corrected chi connectivity index (χ4v) is 1.95. The van der Waals surface area contributed by atoms with E-state index in [0.29, 0.717) is 22.4 Å². The first kappa shape index (κ1) is 13.2. The summed E-state index contributed by atoms with van der Waals surface area (Å²) in [5.74, 6) is 1.03. The second kappa shape index (κ2) is 5.59. The molecule has 0 amide bonds. The lowest BCUT2D eigenvalue weighted by molar-refractivity contribution is 0.984. The molecule has 0 fully saturated rings. The molecule has 0 saturated carbocycles. The number of nitriles is 1. The maximum Gasteiger partial charge on any atom is 0.191 e. The van der Waals surface area contributed by atoms with Crippen LogP contribution >= 0.6 is 11.8 Å². The zero-order valence-corrected chi connectivity index (χ0v) is 11.5. The minimum Gasteiger partial charge on any atom is -0.383 e. The van der Waals surface area contributed by atoms with Gasteiger partial charge in [-0.15, -0.1) is 0 Å². The second-order valence-corrected chi connectivity index (χ2v) is 4.70. The molecule has 0 bridgehead atoms. The normalized spacial score (nSPS) is 9.95. The first-order valence-corrected chi connectivity index (χ1v) is 6.81. The quantitative estimate of drug-likeness (QED) is 0.659. The van der Waals surface area contributed by atoms with Gasteiger partial charge in [0.2, 0.25) is 0 Å². The Bertz CT molecular complexity index is 648. The molecule has 1 aromatic heterocycles. The van der Waals surface area contributed by atoms with Crippen molar-refractivity contribution in [2.24, 2.45) is 0 Å². The monoisotopic (exact) mass is 271 g/mol. The van der Waals surface area contributed by atoms with E-state index < -0.39 is 0 Å². The first-order chi connectivity index (χ1) is 9.12. The van der Waals surface area contributed by atoms with Crippen LogP contribution in [0.2, 0.25) is 0 Å². The number of hydrogen-bond donors (Lipinski definition) is 2. The van der Waals surface area contributed by atoms with Gasteiger partial charge >= 0.3 is 0 Å². The number of hydrogen-bond acceptors (Lipinski definition) is 6. The van der Waals surface area contributed by atoms with Crippen molar-refractivity contribution < 1.29 is 0 Å². The molecule has 0 spiro atoms. The lowest BCUT2D eigenvalue weighted by atomic mass is 10.1. The highest BCUT2D eigenvalue weighted by molar-refractivity contribution is 7.98. The summed E-state index contributed by atoms with van der Waals surface area (Å²) in [5, 5.41) is 12.7. The molecular weight excluding hydrogens is 258 g/mol. The lowest BCUT2D eigenvalue weighted by Gasteiger charge is -2.10. The van der Waals surface area contributed by atoms with Crippen LogP contribution in [0.25, 0.3) is 0 Å². The Morgan fingerprint density at radius 2 is 2.11 bits per heavy atom. The van der Waals surface area contributed by atoms with Crippen molar-refractivity contribution >= 4 is 29.1 Å². The lowest BCUT2D eigenvalue weighted by Crippen LogP contribution is -2.01. The molecule has 0 saturated heterocycles. The van der Waals surface area contributed by atoms with Crippen molar-refractivity contribution in [3.63, 3.8) is 0 Å². The van der Waals surface area contributed by atoms with Crippen molar-refractivity contribution in [1.29, 1.82) is 5.26 Å². The van der Waals surface area contributed by atoms with Gasteiger partial charge in [0.15, 0.2) is 5.16 Å². The Morgan fingerprint density at radius 3 is 2.79 bits per heavy atom. The average Bonchev–Trinajstić information content (AvgIpc) is 2.40. The zero-order chi connectivity index (χ0) is 13.8. The summed E-state index contributed by atoms with van der Waals surface area (Å²) in [7, 11) is 0. The van der Waals surface area contributed by atoms with Crippen LogP contribution < -0.4 is 11.1 Å². The Hall–Kier alpha value is -2.26. The maximum absolute atomic E-state index is 8.92. The van der Waals surface area contributed by atoms with Crippen LogP contribution in [0.1, 0.15) is 11.1 Å². The number of aromatic nitrogens is 2. The minimum absolute atomic E-state index is 0.413. The molecular formula is C13H13N5S. The average molecular weight is 271 g/mol. The van der Waals surface area contributed by atoms with E-state index in [9.17, 15) is 0 Å². The van der Waals surface area contributed by atoms with Gasteiger partial charge in [0.1, 0.15) is 11.6 Å². The molecule has 0 atom stereocenters. The maximum atomic E-state index is 8.92. The highest BCUT2D eigenvalue weighted by Crippen LogP contribution is 2.23. The van der Waals surface area contributed by atoms with Gasteiger partial charge in [-0.1, -0.05) is 17.8 Å². The van der Waals surface area contributed by atoms with Gasteiger partial charge in [-0.25, -0.2) is 9.97 Å². The Labute approximate surface area is 115 Å². The van der Waals surface area contributed by atoms with E-state index in [1.54, 1.807) is 18.2 Å². The molecule has 2 aromatic rings. The molecule has 6 heteroatoms. The largest absolute Gasteiger partial charge is 0.383 e. The molecule has 19 heavy (non-hydrogen) atoms. The van der Waals surface area contributed by atoms with Crippen molar-refractivity contribution in [2.75, 3.05) is 17.3 Å². The Balaban J connectivity index is 2.36. The first-order valence-electron chi connectivity index (χ1n) is 5.58. The van der Waals surface area contributed by atoms with Crippen LogP contribution in [0, 0.1) is 18.3 Å². The molecule has 5 nitrogen and oxygen atoms in total. The molecule has 0 aliphatic heterocycles. The van der Waals surface area contributed by atoms with E-state index in [-0.39, 0.29) is 0 Å². The van der Waals surface area contributed by atoms with Gasteiger partial charge in [-0.3, -0.25) is 0 Å². The molecule has 0 radical (unpaired) electrons. The molecule has 3 N–H and O–H groups in total. The van der Waals surface area contributed by atoms with Crippen molar-refractivity contribution in [2.45, 2.75) is 12.1 Å². The number of rotatable bonds is 3. The molecule has 1 aromatic carbocycles. The Kier molecular flexibility index (Phi) is 3.88. The van der Waals surface area contributed by atoms with Crippen LogP contribution in [0.3, 0.4) is 0 Å². The molecule has 96 valence electrons. The van der Waals surface area contributed by atoms with Crippen molar-refractivity contribution in [3.8, 4) is 6.07 Å². The topological polar surface area (TPSA) is 87.6 Å². The summed E-state index contributed by atoms with van der Waals surface area (Å²) in [4.78, 5) is 8.41. The zero-order valence-electron chi connectivity index (χ0n) is 10.6. The van der Waals surface area contributed by atoms with Crippen LogP contribution in [-0.2, 0) is 0 Å². The van der Waals surface area contributed by atoms with E-state index in [2.05, 4.69) is 21.4 Å². The number of nitrogens with one attached hydrogen (secondary N) is 1. The number of aryl methyl sites for hydroxylation is 1. The van der Waals surface area contributed by atoms with Gasteiger partial charge in [0, 0.05) is 11.8 Å². The number of anilines is 3. The number of nitrogens with two attached hydrogens (primary N) is 1. The molecule has 1 heterocycles. The van der Waals surface area contributed by atoms with E-state index in [1.807, 2.05) is 19.2 Å². The highest BCUT2D eigenvalue weighted by atomic mass is 32.2. The second-order valence-electron chi connectivity index (χ2n) is 3.93. The fraction of sp³-hybridized carbons (Fsp3) is 0.154. The standard InChI is InChI=1S/C13H13N5S/c1-8-3-4-9(7-14)5-10(8)16-12-6-11(15)17-13(18-12)19-2/h3-6H,1-2H3,(H3,15,16,17,18). The number of nitrogen functional groups attached to an aromatic ring is 1. The van der Waals surface area contributed by atoms with Gasteiger partial charge in [0.25, 0.3) is 0 Å². The summed E-state index contributed by atoms with van der Waals surface area (Å²) < 4.78 is 0. The van der Waals surface area contributed by atoms with Crippen LogP contribution in [0.15, 0.2) is 29.4 Å². The molecule has 2 rings (SSSR count). The predicted molar refractivity (Wildman–Crippen MR) is 77.4 cm³/mol. The van der Waals surface area contributed by atoms with Gasteiger partial charge in [-0.05, 0) is 30.9 Å². The highest BCUT2D eigenvalue weighted by Gasteiger charge is 2.05. The van der Waals surface area contributed by atoms with E-state index in [1.165, 1.54) is 11.8 Å². The summed E-state index contributed by atoms with van der Waals surface area (Å²) in [6.45, 7) is 1.96. The Morgan fingerprint density at radius 1 is 1.32 bits per heavy atom. The SMILES string of the molecule is CSc1nc(N)cc(Nc2cc(C#N)ccc2C)n1. The van der Waals surface area contributed by atoms with Gasteiger partial charge in [-0.2, -0.15) is 5.26 Å². The fourth-order valence-electron chi connectivity index (χ4n) is 1.56. The van der Waals surface area contributed by atoms with Crippen LogP contribution in [0.4, 0.5) is 17.3 Å². The van der Waals surface area contributed by atoms with Crippen LogP contribution in [-0.4, -0.2) is 16.2 Å². The summed E-state index contributed by atoms with van der Waals surface area (Å²) in [6.07, 6.45) is 1.89. The van der Waals surface area contributed by atoms with Crippen molar-refractivity contribution in [1.82, 2.24) is 9.97 Å². The minimum atomic E-state index is 0.413. The molecule has 0 aliphatic rings. The summed E-state index contributed by atoms with van der Waals surface area (Å²) >= 11 is 1.42. The van der Waals surface area contributed by atoms with Crippen LogP contribution in [0.5, 0.6) is 0 Å². The number of nitrogens with zero attached hydrogens (tertiary/aromatic N) is 3. The predicted octanol–water partition coefficient (Wildman–Crippen LogP) is 2.70. The van der Waals surface area contributed by atoms with Crippen molar-refractivity contribution in [3.05, 3.63) is 35.4 Å². The smallest absolute Gasteiger partial charge is 0.191 e.